The SMILES string of the molecule is CCc1cc2ccnc(OC)c2o1. The Morgan fingerprint density at radius 3 is 3.08 bits per heavy atom. The van der Waals surface area contributed by atoms with Gasteiger partial charge in [-0.15, -0.1) is 0 Å². The normalized spacial score (nSPS) is 10.6. The molecule has 0 aliphatic heterocycles. The molecule has 0 saturated heterocycles. The predicted molar refractivity (Wildman–Crippen MR) is 49.9 cm³/mol. The summed E-state index contributed by atoms with van der Waals surface area (Å²) < 4.78 is 10.6. The Morgan fingerprint density at radius 1 is 1.54 bits per heavy atom. The first-order chi connectivity index (χ1) is 6.35. The van der Waals surface area contributed by atoms with Gasteiger partial charge in [-0.2, -0.15) is 0 Å². The maximum Gasteiger partial charge on any atom is 0.258 e. The molecular weight excluding hydrogens is 166 g/mol. The summed E-state index contributed by atoms with van der Waals surface area (Å²) in [5.41, 5.74) is 0.738. The van der Waals surface area contributed by atoms with Gasteiger partial charge in [-0.3, -0.25) is 0 Å². The third-order valence-corrected chi connectivity index (χ3v) is 1.99. The average Bonchev–Trinajstić information content (AvgIpc) is 2.59. The molecule has 2 heterocycles. The van der Waals surface area contributed by atoms with Crippen LogP contribution in [0.5, 0.6) is 5.88 Å². The van der Waals surface area contributed by atoms with E-state index in [1.807, 2.05) is 12.1 Å². The monoisotopic (exact) mass is 177 g/mol. The van der Waals surface area contributed by atoms with Gasteiger partial charge in [0.1, 0.15) is 5.76 Å². The van der Waals surface area contributed by atoms with Gasteiger partial charge in [0, 0.05) is 18.0 Å². The molecule has 0 atom stereocenters. The van der Waals surface area contributed by atoms with Crippen molar-refractivity contribution in [3.8, 4) is 5.88 Å². The van der Waals surface area contributed by atoms with E-state index >= 15 is 0 Å². The van der Waals surface area contributed by atoms with Gasteiger partial charge >= 0.3 is 0 Å². The number of fused-ring (bicyclic) bond motifs is 1. The fraction of sp³-hybridized carbons (Fsp3) is 0.300. The molecular formula is C10H11NO2. The third kappa shape index (κ3) is 1.26. The summed E-state index contributed by atoms with van der Waals surface area (Å²) in [4.78, 5) is 4.06. The first-order valence-electron chi connectivity index (χ1n) is 4.26. The summed E-state index contributed by atoms with van der Waals surface area (Å²) in [7, 11) is 1.59. The zero-order chi connectivity index (χ0) is 9.26. The molecule has 0 amide bonds. The van der Waals surface area contributed by atoms with E-state index in [-0.39, 0.29) is 0 Å². The van der Waals surface area contributed by atoms with Crippen LogP contribution in [-0.2, 0) is 6.42 Å². The van der Waals surface area contributed by atoms with Crippen molar-refractivity contribution in [2.75, 3.05) is 7.11 Å². The lowest BCUT2D eigenvalue weighted by molar-refractivity contribution is 0.391. The number of rotatable bonds is 2. The molecule has 2 rings (SSSR count). The number of aryl methyl sites for hydroxylation is 1. The van der Waals surface area contributed by atoms with Gasteiger partial charge in [0.2, 0.25) is 0 Å². The van der Waals surface area contributed by atoms with Gasteiger partial charge in [-0.05, 0) is 12.1 Å². The van der Waals surface area contributed by atoms with Gasteiger partial charge in [-0.1, -0.05) is 6.92 Å². The zero-order valence-corrected chi connectivity index (χ0v) is 7.70. The van der Waals surface area contributed by atoms with Gasteiger partial charge < -0.3 is 9.15 Å². The highest BCUT2D eigenvalue weighted by molar-refractivity contribution is 5.81. The van der Waals surface area contributed by atoms with Crippen LogP contribution >= 0.6 is 0 Å². The van der Waals surface area contributed by atoms with E-state index in [1.54, 1.807) is 13.3 Å². The van der Waals surface area contributed by atoms with E-state index < -0.39 is 0 Å². The summed E-state index contributed by atoms with van der Waals surface area (Å²) in [5.74, 6) is 1.51. The van der Waals surface area contributed by atoms with Crippen LogP contribution < -0.4 is 4.74 Å². The molecule has 13 heavy (non-hydrogen) atoms. The minimum Gasteiger partial charge on any atom is -0.478 e. The van der Waals surface area contributed by atoms with Crippen molar-refractivity contribution in [2.45, 2.75) is 13.3 Å². The maximum atomic E-state index is 5.55. The zero-order valence-electron chi connectivity index (χ0n) is 7.70. The van der Waals surface area contributed by atoms with Crippen molar-refractivity contribution in [2.24, 2.45) is 0 Å². The Balaban J connectivity index is 2.67. The van der Waals surface area contributed by atoms with E-state index in [2.05, 4.69) is 11.9 Å². The van der Waals surface area contributed by atoms with E-state index in [0.29, 0.717) is 5.88 Å². The third-order valence-electron chi connectivity index (χ3n) is 1.99. The topological polar surface area (TPSA) is 35.3 Å². The molecule has 0 bridgehead atoms. The van der Waals surface area contributed by atoms with Crippen molar-refractivity contribution in [3.63, 3.8) is 0 Å². The van der Waals surface area contributed by atoms with Crippen LogP contribution in [0, 0.1) is 0 Å². The first kappa shape index (κ1) is 8.10. The maximum absolute atomic E-state index is 5.55. The summed E-state index contributed by atoms with van der Waals surface area (Å²) >= 11 is 0. The Hall–Kier alpha value is -1.51. The minimum absolute atomic E-state index is 0.553. The molecule has 2 aromatic heterocycles. The van der Waals surface area contributed by atoms with Crippen LogP contribution in [-0.4, -0.2) is 12.1 Å². The number of ether oxygens (including phenoxy) is 1. The van der Waals surface area contributed by atoms with Crippen LogP contribution in [0.15, 0.2) is 22.7 Å². The Labute approximate surface area is 76.3 Å². The summed E-state index contributed by atoms with van der Waals surface area (Å²) in [6, 6.07) is 3.93. The van der Waals surface area contributed by atoms with E-state index in [4.69, 9.17) is 9.15 Å². The molecule has 0 N–H and O–H groups in total. The van der Waals surface area contributed by atoms with Gasteiger partial charge in [-0.25, -0.2) is 4.98 Å². The lowest BCUT2D eigenvalue weighted by Gasteiger charge is -1.96. The number of furan rings is 1. The second-order valence-corrected chi connectivity index (χ2v) is 2.80. The largest absolute Gasteiger partial charge is 0.478 e. The number of hydrogen-bond donors (Lipinski definition) is 0. The second-order valence-electron chi connectivity index (χ2n) is 2.80. The molecule has 0 aromatic carbocycles. The molecule has 0 saturated carbocycles. The van der Waals surface area contributed by atoms with Gasteiger partial charge in [0.05, 0.1) is 7.11 Å². The second kappa shape index (κ2) is 3.09. The molecule has 0 aliphatic rings. The average molecular weight is 177 g/mol. The van der Waals surface area contributed by atoms with Crippen LogP contribution in [0.25, 0.3) is 11.0 Å². The quantitative estimate of drug-likeness (QED) is 0.706. The number of methoxy groups -OCH3 is 1. The molecule has 0 fully saturated rings. The fourth-order valence-corrected chi connectivity index (χ4v) is 1.31. The standard InChI is InChI=1S/C10H11NO2/c1-3-8-6-7-4-5-11-10(12-2)9(7)13-8/h4-6H,3H2,1-2H3. The summed E-state index contributed by atoms with van der Waals surface area (Å²) in [6.45, 7) is 2.05. The summed E-state index contributed by atoms with van der Waals surface area (Å²) in [6.07, 6.45) is 2.61. The van der Waals surface area contributed by atoms with Crippen molar-refractivity contribution < 1.29 is 9.15 Å². The van der Waals surface area contributed by atoms with Crippen molar-refractivity contribution in [1.82, 2.24) is 4.98 Å². The van der Waals surface area contributed by atoms with Crippen molar-refractivity contribution in [1.29, 1.82) is 0 Å². The Morgan fingerprint density at radius 2 is 2.38 bits per heavy atom. The fourth-order valence-electron chi connectivity index (χ4n) is 1.31. The molecule has 0 spiro atoms. The highest BCUT2D eigenvalue weighted by Crippen LogP contribution is 2.26. The molecule has 3 heteroatoms. The van der Waals surface area contributed by atoms with Gasteiger partial charge in [0.25, 0.3) is 5.88 Å². The van der Waals surface area contributed by atoms with Crippen LogP contribution in [0.1, 0.15) is 12.7 Å². The Bertz CT molecular complexity index is 420. The van der Waals surface area contributed by atoms with Crippen molar-refractivity contribution in [3.05, 3.63) is 24.1 Å². The molecule has 0 radical (unpaired) electrons. The molecule has 0 unspecified atom stereocenters. The van der Waals surface area contributed by atoms with Crippen molar-refractivity contribution >= 4 is 11.0 Å². The lowest BCUT2D eigenvalue weighted by Crippen LogP contribution is -1.85. The van der Waals surface area contributed by atoms with E-state index in [9.17, 15) is 0 Å². The smallest absolute Gasteiger partial charge is 0.258 e. The van der Waals surface area contributed by atoms with E-state index in [1.165, 1.54) is 0 Å². The highest BCUT2D eigenvalue weighted by Gasteiger charge is 2.07. The Kier molecular flexibility index (Phi) is 1.93. The predicted octanol–water partition coefficient (Wildman–Crippen LogP) is 2.40. The number of aromatic nitrogens is 1. The van der Waals surface area contributed by atoms with Crippen LogP contribution in [0.3, 0.4) is 0 Å². The molecule has 68 valence electrons. The highest BCUT2D eigenvalue weighted by atomic mass is 16.5. The van der Waals surface area contributed by atoms with Crippen LogP contribution in [0.4, 0.5) is 0 Å². The van der Waals surface area contributed by atoms with Crippen LogP contribution in [0.2, 0.25) is 0 Å². The summed E-state index contributed by atoms with van der Waals surface area (Å²) in [5, 5.41) is 1.05. The number of pyridine rings is 1. The first-order valence-corrected chi connectivity index (χ1v) is 4.26. The minimum atomic E-state index is 0.553. The number of nitrogens with zero attached hydrogens (tertiary/aromatic N) is 1. The molecule has 3 nitrogen and oxygen atoms in total. The molecule has 0 aliphatic carbocycles. The lowest BCUT2D eigenvalue weighted by atomic mass is 10.3. The number of hydrogen-bond acceptors (Lipinski definition) is 3. The van der Waals surface area contributed by atoms with E-state index in [0.717, 1.165) is 23.2 Å². The van der Waals surface area contributed by atoms with Gasteiger partial charge in [0.15, 0.2) is 5.58 Å². The molecule has 2 aromatic rings.